The first kappa shape index (κ1) is 11.7. The van der Waals surface area contributed by atoms with Gasteiger partial charge in [0.2, 0.25) is 0 Å². The van der Waals surface area contributed by atoms with Gasteiger partial charge in [-0.2, -0.15) is 0 Å². The smallest absolute Gasteiger partial charge is 0.0906 e. The van der Waals surface area contributed by atoms with Crippen LogP contribution in [0.2, 0.25) is 10.0 Å². The fraction of sp³-hybridized carbons (Fsp3) is 0.308. The molecule has 0 aliphatic carbocycles. The summed E-state index contributed by atoms with van der Waals surface area (Å²) in [5.74, 6) is 0. The zero-order valence-electron chi connectivity index (χ0n) is 9.56. The molecule has 0 atom stereocenters. The summed E-state index contributed by atoms with van der Waals surface area (Å²) in [7, 11) is 0. The number of hydrogen-bond acceptors (Lipinski definition) is 1. The van der Waals surface area contributed by atoms with Crippen molar-refractivity contribution < 1.29 is 0 Å². The summed E-state index contributed by atoms with van der Waals surface area (Å²) in [5, 5.41) is 2.41. The van der Waals surface area contributed by atoms with E-state index in [0.717, 1.165) is 39.2 Å². The fourth-order valence-electron chi connectivity index (χ4n) is 1.98. The van der Waals surface area contributed by atoms with Gasteiger partial charge in [0.1, 0.15) is 0 Å². The summed E-state index contributed by atoms with van der Waals surface area (Å²) < 4.78 is 0. The van der Waals surface area contributed by atoms with E-state index in [1.165, 1.54) is 0 Å². The number of rotatable bonds is 1. The Morgan fingerprint density at radius 3 is 2.50 bits per heavy atom. The van der Waals surface area contributed by atoms with E-state index >= 15 is 0 Å². The summed E-state index contributed by atoms with van der Waals surface area (Å²) in [6.45, 7) is 6.06. The van der Waals surface area contributed by atoms with Gasteiger partial charge in [0.15, 0.2) is 0 Å². The van der Waals surface area contributed by atoms with Crippen LogP contribution in [0.25, 0.3) is 10.9 Å². The molecular formula is C13H13Cl2N. The van der Waals surface area contributed by atoms with Gasteiger partial charge in [0, 0.05) is 11.1 Å². The third kappa shape index (κ3) is 1.79. The Morgan fingerprint density at radius 2 is 1.88 bits per heavy atom. The van der Waals surface area contributed by atoms with Crippen molar-refractivity contribution in [2.45, 2.75) is 27.2 Å². The molecule has 0 radical (unpaired) electrons. The van der Waals surface area contributed by atoms with Crippen LogP contribution in [-0.4, -0.2) is 4.98 Å². The van der Waals surface area contributed by atoms with Crippen molar-refractivity contribution in [3.8, 4) is 0 Å². The molecule has 0 amide bonds. The van der Waals surface area contributed by atoms with Crippen LogP contribution in [0, 0.1) is 13.8 Å². The van der Waals surface area contributed by atoms with Crippen molar-refractivity contribution in [3.63, 3.8) is 0 Å². The first-order chi connectivity index (χ1) is 7.54. The molecule has 1 aromatic heterocycles. The van der Waals surface area contributed by atoms with Crippen LogP contribution in [0.1, 0.15) is 23.7 Å². The van der Waals surface area contributed by atoms with Crippen LogP contribution in [-0.2, 0) is 6.42 Å². The van der Waals surface area contributed by atoms with Gasteiger partial charge in [-0.05, 0) is 43.5 Å². The molecule has 0 aliphatic rings. The first-order valence-electron chi connectivity index (χ1n) is 5.29. The molecule has 1 nitrogen and oxygen atoms in total. The minimum atomic E-state index is 0.669. The first-order valence-corrected chi connectivity index (χ1v) is 6.05. The molecule has 0 N–H and O–H groups in total. The second kappa shape index (κ2) is 4.23. The van der Waals surface area contributed by atoms with E-state index < -0.39 is 0 Å². The molecular weight excluding hydrogens is 241 g/mol. The molecule has 0 aliphatic heterocycles. The lowest BCUT2D eigenvalue weighted by atomic mass is 10.1. The topological polar surface area (TPSA) is 12.9 Å². The second-order valence-electron chi connectivity index (χ2n) is 3.99. The molecule has 0 saturated carbocycles. The molecule has 84 valence electrons. The van der Waals surface area contributed by atoms with Crippen molar-refractivity contribution in [2.24, 2.45) is 0 Å². The highest BCUT2D eigenvalue weighted by Gasteiger charge is 2.12. The maximum Gasteiger partial charge on any atom is 0.0906 e. The molecule has 1 aromatic carbocycles. The SMILES string of the molecule is CCc1c(C)nc2c(Cl)cc(C)cc2c1Cl. The van der Waals surface area contributed by atoms with E-state index in [2.05, 4.69) is 11.9 Å². The molecule has 0 unspecified atom stereocenters. The zero-order chi connectivity index (χ0) is 11.9. The van der Waals surface area contributed by atoms with Gasteiger partial charge in [0.25, 0.3) is 0 Å². The normalized spacial score (nSPS) is 11.1. The average Bonchev–Trinajstić information content (AvgIpc) is 2.21. The Hall–Kier alpha value is -0.790. The maximum absolute atomic E-state index is 6.39. The maximum atomic E-state index is 6.39. The highest BCUT2D eigenvalue weighted by atomic mass is 35.5. The van der Waals surface area contributed by atoms with Gasteiger partial charge in [-0.15, -0.1) is 0 Å². The molecule has 0 bridgehead atoms. The van der Waals surface area contributed by atoms with Crippen molar-refractivity contribution in [3.05, 3.63) is 39.0 Å². The van der Waals surface area contributed by atoms with Gasteiger partial charge in [-0.25, -0.2) is 0 Å². The Labute approximate surface area is 105 Å². The van der Waals surface area contributed by atoms with E-state index in [9.17, 15) is 0 Å². The van der Waals surface area contributed by atoms with Gasteiger partial charge in [0.05, 0.1) is 15.6 Å². The summed E-state index contributed by atoms with van der Waals surface area (Å²) >= 11 is 12.6. The van der Waals surface area contributed by atoms with Crippen LogP contribution < -0.4 is 0 Å². The van der Waals surface area contributed by atoms with Crippen LogP contribution in [0.15, 0.2) is 12.1 Å². The largest absolute Gasteiger partial charge is 0.251 e. The van der Waals surface area contributed by atoms with Crippen molar-refractivity contribution >= 4 is 34.1 Å². The average molecular weight is 254 g/mol. The number of aromatic nitrogens is 1. The third-order valence-corrected chi connectivity index (χ3v) is 3.50. The molecule has 1 heterocycles. The molecule has 0 fully saturated rings. The number of benzene rings is 1. The number of nitrogens with zero attached hydrogens (tertiary/aromatic N) is 1. The Morgan fingerprint density at radius 1 is 1.19 bits per heavy atom. The third-order valence-electron chi connectivity index (χ3n) is 2.78. The number of fused-ring (bicyclic) bond motifs is 1. The lowest BCUT2D eigenvalue weighted by Gasteiger charge is -2.10. The predicted octanol–water partition coefficient (Wildman–Crippen LogP) is 4.72. The van der Waals surface area contributed by atoms with Gasteiger partial charge in [-0.3, -0.25) is 4.98 Å². The lowest BCUT2D eigenvalue weighted by molar-refractivity contribution is 1.07. The quantitative estimate of drug-likeness (QED) is 0.717. The molecule has 0 spiro atoms. The standard InChI is InChI=1S/C13H13Cl2N/c1-4-9-8(3)16-13-10(12(9)15)5-7(2)6-11(13)14/h5-6H,4H2,1-3H3. The van der Waals surface area contributed by atoms with Crippen LogP contribution in [0.5, 0.6) is 0 Å². The number of aryl methyl sites for hydroxylation is 2. The predicted molar refractivity (Wildman–Crippen MR) is 70.6 cm³/mol. The van der Waals surface area contributed by atoms with Gasteiger partial charge < -0.3 is 0 Å². The zero-order valence-corrected chi connectivity index (χ0v) is 11.1. The summed E-state index contributed by atoms with van der Waals surface area (Å²) in [4.78, 5) is 4.53. The van der Waals surface area contributed by atoms with Crippen molar-refractivity contribution in [2.75, 3.05) is 0 Å². The summed E-state index contributed by atoms with van der Waals surface area (Å²) in [6.07, 6.45) is 0.888. The van der Waals surface area contributed by atoms with Crippen LogP contribution in [0.3, 0.4) is 0 Å². The highest BCUT2D eigenvalue weighted by molar-refractivity contribution is 6.39. The second-order valence-corrected chi connectivity index (χ2v) is 4.77. The highest BCUT2D eigenvalue weighted by Crippen LogP contribution is 2.33. The van der Waals surface area contributed by atoms with Crippen molar-refractivity contribution in [1.82, 2.24) is 4.98 Å². The minimum Gasteiger partial charge on any atom is -0.251 e. The van der Waals surface area contributed by atoms with Gasteiger partial charge in [-0.1, -0.05) is 30.1 Å². The van der Waals surface area contributed by atoms with E-state index in [-0.39, 0.29) is 0 Å². The Bertz CT molecular complexity index is 562. The number of halogens is 2. The molecule has 2 rings (SSSR count). The van der Waals surface area contributed by atoms with E-state index in [0.29, 0.717) is 5.02 Å². The molecule has 3 heteroatoms. The monoisotopic (exact) mass is 253 g/mol. The summed E-state index contributed by atoms with van der Waals surface area (Å²) in [6, 6.07) is 3.95. The van der Waals surface area contributed by atoms with E-state index in [1.807, 2.05) is 26.0 Å². The van der Waals surface area contributed by atoms with Gasteiger partial charge >= 0.3 is 0 Å². The van der Waals surface area contributed by atoms with E-state index in [4.69, 9.17) is 23.2 Å². The molecule has 16 heavy (non-hydrogen) atoms. The fourth-order valence-corrected chi connectivity index (χ4v) is 2.71. The van der Waals surface area contributed by atoms with E-state index in [1.54, 1.807) is 0 Å². The van der Waals surface area contributed by atoms with Crippen LogP contribution >= 0.6 is 23.2 Å². The molecule has 2 aromatic rings. The Balaban J connectivity index is 2.93. The minimum absolute atomic E-state index is 0.669. The lowest BCUT2D eigenvalue weighted by Crippen LogP contribution is -1.95. The molecule has 0 saturated heterocycles. The summed E-state index contributed by atoms with van der Waals surface area (Å²) in [5.41, 5.74) is 3.97. The van der Waals surface area contributed by atoms with Crippen LogP contribution in [0.4, 0.5) is 0 Å². The number of pyridine rings is 1. The van der Waals surface area contributed by atoms with Crippen molar-refractivity contribution in [1.29, 1.82) is 0 Å². The Kier molecular flexibility index (Phi) is 3.09. The number of hydrogen-bond donors (Lipinski definition) is 0.